The minimum Gasteiger partial charge on any atom is -0.480 e. The first-order valence-electron chi connectivity index (χ1n) is 3.99. The fraction of sp³-hybridized carbons (Fsp3) is 0.286. The number of hydrogen-bond donors (Lipinski definition) is 0. The summed E-state index contributed by atoms with van der Waals surface area (Å²) >= 11 is 1.44. The van der Waals surface area contributed by atoms with Gasteiger partial charge in [0.1, 0.15) is 4.90 Å². The molecule has 0 saturated heterocycles. The molecule has 102 valence electrons. The Morgan fingerprint density at radius 3 is 2.39 bits per heavy atom. The van der Waals surface area contributed by atoms with Crippen LogP contribution in [-0.2, 0) is 9.05 Å². The SMILES string of the molecule is COc1ncc(OC(F)(F)F)c(S(=O)(=O)Cl)c1I. The summed E-state index contributed by atoms with van der Waals surface area (Å²) in [6.07, 6.45) is -4.49. The average Bonchev–Trinajstić information content (AvgIpc) is 2.13. The molecule has 0 bridgehead atoms. The normalized spacial score (nSPS) is 12.3. The summed E-state index contributed by atoms with van der Waals surface area (Å²) in [7, 11) is 1.79. The van der Waals surface area contributed by atoms with Crippen LogP contribution in [0.25, 0.3) is 0 Å². The van der Waals surface area contributed by atoms with Gasteiger partial charge in [0.15, 0.2) is 5.75 Å². The van der Waals surface area contributed by atoms with Crippen LogP contribution in [0.2, 0.25) is 0 Å². The van der Waals surface area contributed by atoms with E-state index >= 15 is 0 Å². The monoisotopic (exact) mass is 417 g/mol. The lowest BCUT2D eigenvalue weighted by molar-refractivity contribution is -0.275. The molecular formula is C7H4ClF3INO4S. The molecule has 18 heavy (non-hydrogen) atoms. The second-order valence-electron chi connectivity index (χ2n) is 2.76. The maximum absolute atomic E-state index is 12.1. The van der Waals surface area contributed by atoms with E-state index in [9.17, 15) is 21.6 Å². The van der Waals surface area contributed by atoms with Crippen LogP contribution in [0.4, 0.5) is 13.2 Å². The molecule has 0 N–H and O–H groups in total. The zero-order chi connectivity index (χ0) is 14.1. The number of ether oxygens (including phenoxy) is 2. The number of hydrogen-bond acceptors (Lipinski definition) is 5. The first kappa shape index (κ1) is 15.6. The third kappa shape index (κ3) is 3.75. The maximum atomic E-state index is 12.1. The Morgan fingerprint density at radius 1 is 1.44 bits per heavy atom. The predicted molar refractivity (Wildman–Crippen MR) is 63.2 cm³/mol. The molecule has 0 aliphatic rings. The Kier molecular flexibility index (Phi) is 4.54. The molecule has 1 aromatic heterocycles. The van der Waals surface area contributed by atoms with Crippen LogP contribution >= 0.6 is 33.3 Å². The van der Waals surface area contributed by atoms with Gasteiger partial charge in [-0.15, -0.1) is 13.2 Å². The van der Waals surface area contributed by atoms with Crippen molar-refractivity contribution in [3.63, 3.8) is 0 Å². The van der Waals surface area contributed by atoms with Gasteiger partial charge < -0.3 is 9.47 Å². The Balaban J connectivity index is 3.50. The topological polar surface area (TPSA) is 65.5 Å². The van der Waals surface area contributed by atoms with Crippen molar-refractivity contribution >= 4 is 42.3 Å². The fourth-order valence-electron chi connectivity index (χ4n) is 1.00. The molecule has 11 heteroatoms. The molecule has 0 unspecified atom stereocenters. The van der Waals surface area contributed by atoms with E-state index in [1.54, 1.807) is 0 Å². The maximum Gasteiger partial charge on any atom is 0.573 e. The van der Waals surface area contributed by atoms with E-state index in [2.05, 4.69) is 14.5 Å². The molecule has 0 aromatic carbocycles. The molecule has 0 saturated carbocycles. The summed E-state index contributed by atoms with van der Waals surface area (Å²) in [5, 5.41) is 0. The van der Waals surface area contributed by atoms with E-state index in [1.807, 2.05) is 0 Å². The van der Waals surface area contributed by atoms with Crippen molar-refractivity contribution in [2.45, 2.75) is 11.3 Å². The van der Waals surface area contributed by atoms with Gasteiger partial charge in [-0.2, -0.15) is 0 Å². The number of halogens is 5. The first-order valence-corrected chi connectivity index (χ1v) is 7.38. The van der Waals surface area contributed by atoms with Gasteiger partial charge in [-0.3, -0.25) is 0 Å². The third-order valence-electron chi connectivity index (χ3n) is 1.57. The second-order valence-corrected chi connectivity index (χ2v) is 6.34. The molecule has 0 spiro atoms. The van der Waals surface area contributed by atoms with E-state index in [1.165, 1.54) is 29.7 Å². The Bertz CT molecular complexity index is 563. The quantitative estimate of drug-likeness (QED) is 0.559. The van der Waals surface area contributed by atoms with Crippen molar-refractivity contribution in [3.8, 4) is 11.6 Å². The van der Waals surface area contributed by atoms with Gasteiger partial charge in [0, 0.05) is 10.7 Å². The van der Waals surface area contributed by atoms with E-state index < -0.39 is 26.1 Å². The van der Waals surface area contributed by atoms with Gasteiger partial charge in [-0.05, 0) is 22.6 Å². The summed E-state index contributed by atoms with van der Waals surface area (Å²) in [6.45, 7) is 0. The largest absolute Gasteiger partial charge is 0.573 e. The number of nitrogens with zero attached hydrogens (tertiary/aromatic N) is 1. The Morgan fingerprint density at radius 2 is 2.00 bits per heavy atom. The zero-order valence-electron chi connectivity index (χ0n) is 8.46. The lowest BCUT2D eigenvalue weighted by atomic mass is 10.4. The van der Waals surface area contributed by atoms with Crippen LogP contribution in [-0.4, -0.2) is 26.9 Å². The van der Waals surface area contributed by atoms with E-state index in [4.69, 9.17) is 10.7 Å². The highest BCUT2D eigenvalue weighted by atomic mass is 127. The van der Waals surface area contributed by atoms with Gasteiger partial charge in [0.2, 0.25) is 5.88 Å². The van der Waals surface area contributed by atoms with Crippen molar-refractivity contribution in [3.05, 3.63) is 9.77 Å². The smallest absolute Gasteiger partial charge is 0.480 e. The number of rotatable bonds is 3. The number of pyridine rings is 1. The highest BCUT2D eigenvalue weighted by molar-refractivity contribution is 14.1. The van der Waals surface area contributed by atoms with Crippen LogP contribution in [0.1, 0.15) is 0 Å². The minimum absolute atomic E-state index is 0.177. The minimum atomic E-state index is -5.06. The standard InChI is InChI=1S/C7H4ClF3INO4S/c1-16-6-4(12)5(18(8,14)15)3(2-13-6)17-7(9,10)11/h2H,1H3. The average molecular weight is 418 g/mol. The molecular weight excluding hydrogens is 413 g/mol. The zero-order valence-corrected chi connectivity index (χ0v) is 12.2. The summed E-state index contributed by atoms with van der Waals surface area (Å²) in [5.41, 5.74) is 0. The molecule has 0 atom stereocenters. The molecule has 5 nitrogen and oxygen atoms in total. The lowest BCUT2D eigenvalue weighted by Gasteiger charge is -2.13. The van der Waals surface area contributed by atoms with Gasteiger partial charge >= 0.3 is 6.36 Å². The molecule has 1 rings (SSSR count). The lowest BCUT2D eigenvalue weighted by Crippen LogP contribution is -2.19. The third-order valence-corrected chi connectivity index (χ3v) is 4.30. The second kappa shape index (κ2) is 5.25. The molecule has 1 heterocycles. The number of aromatic nitrogens is 1. The van der Waals surface area contributed by atoms with E-state index in [0.717, 1.165) is 0 Å². The van der Waals surface area contributed by atoms with Crippen LogP contribution in [0.5, 0.6) is 11.6 Å². The summed E-state index contributed by atoms with van der Waals surface area (Å²) < 4.78 is 66.9. The van der Waals surface area contributed by atoms with Gasteiger partial charge in [0.05, 0.1) is 16.9 Å². The van der Waals surface area contributed by atoms with Crippen LogP contribution < -0.4 is 9.47 Å². The molecule has 0 fully saturated rings. The fourth-order valence-corrected chi connectivity index (χ4v) is 3.99. The van der Waals surface area contributed by atoms with Crippen LogP contribution in [0.3, 0.4) is 0 Å². The predicted octanol–water partition coefficient (Wildman–Crippen LogP) is 2.52. The van der Waals surface area contributed by atoms with E-state index in [-0.39, 0.29) is 9.45 Å². The summed E-state index contributed by atoms with van der Waals surface area (Å²) in [5.74, 6) is -1.19. The van der Waals surface area contributed by atoms with Crippen molar-refractivity contribution in [2.24, 2.45) is 0 Å². The van der Waals surface area contributed by atoms with Crippen LogP contribution in [0.15, 0.2) is 11.1 Å². The van der Waals surface area contributed by atoms with Gasteiger partial charge in [-0.1, -0.05) is 0 Å². The van der Waals surface area contributed by atoms with Crippen LogP contribution in [0, 0.1) is 3.57 Å². The summed E-state index contributed by atoms with van der Waals surface area (Å²) in [4.78, 5) is 2.64. The first-order chi connectivity index (χ1) is 8.06. The summed E-state index contributed by atoms with van der Waals surface area (Å²) in [6, 6.07) is 0. The highest BCUT2D eigenvalue weighted by Gasteiger charge is 2.35. The van der Waals surface area contributed by atoms with Crippen molar-refractivity contribution < 1.29 is 31.1 Å². The van der Waals surface area contributed by atoms with Gasteiger partial charge in [0.25, 0.3) is 9.05 Å². The van der Waals surface area contributed by atoms with Crippen molar-refractivity contribution in [1.82, 2.24) is 4.98 Å². The number of methoxy groups -OCH3 is 1. The molecule has 0 aliphatic heterocycles. The Labute approximate surface area is 118 Å². The van der Waals surface area contributed by atoms with Crippen molar-refractivity contribution in [2.75, 3.05) is 7.11 Å². The molecule has 1 aromatic rings. The highest BCUT2D eigenvalue weighted by Crippen LogP contribution is 2.37. The van der Waals surface area contributed by atoms with Crippen molar-refractivity contribution in [1.29, 1.82) is 0 Å². The molecule has 0 aliphatic carbocycles. The molecule has 0 radical (unpaired) electrons. The van der Waals surface area contributed by atoms with E-state index in [0.29, 0.717) is 6.20 Å². The number of alkyl halides is 3. The Hall–Kier alpha value is -0.490. The van der Waals surface area contributed by atoms with Gasteiger partial charge in [-0.25, -0.2) is 13.4 Å². The molecule has 0 amide bonds.